The van der Waals surface area contributed by atoms with E-state index in [-0.39, 0.29) is 0 Å². The molecule has 2 rings (SSSR count). The van der Waals surface area contributed by atoms with Crippen molar-refractivity contribution in [2.24, 2.45) is 0 Å². The third-order valence-corrected chi connectivity index (χ3v) is 1.79. The van der Waals surface area contributed by atoms with Crippen molar-refractivity contribution in [2.75, 3.05) is 0 Å². The average Bonchev–Trinajstić information content (AvgIpc) is 2.21. The van der Waals surface area contributed by atoms with Gasteiger partial charge < -0.3 is 0 Å². The van der Waals surface area contributed by atoms with Crippen LogP contribution in [0.2, 0.25) is 0 Å². The Labute approximate surface area is 79.3 Å². The molecule has 0 aliphatic rings. The highest BCUT2D eigenvalue weighted by atomic mass is 19.1. The summed E-state index contributed by atoms with van der Waals surface area (Å²) in [4.78, 5) is 6.98. The molecular weight excluding hydrogens is 186 g/mol. The normalized spacial score (nSPS) is 10.1. The Hall–Kier alpha value is -1.84. The van der Waals surface area contributed by atoms with Crippen LogP contribution in [0.15, 0.2) is 36.7 Å². The van der Waals surface area contributed by atoms with Gasteiger partial charge in [0.25, 0.3) is 0 Å². The van der Waals surface area contributed by atoms with E-state index >= 15 is 0 Å². The van der Waals surface area contributed by atoms with Gasteiger partial charge in [0.15, 0.2) is 0 Å². The van der Waals surface area contributed by atoms with Crippen molar-refractivity contribution in [3.8, 4) is 11.1 Å². The summed E-state index contributed by atoms with van der Waals surface area (Å²) in [5.41, 5.74) is 1.41. The first-order valence-corrected chi connectivity index (χ1v) is 3.99. The quantitative estimate of drug-likeness (QED) is 0.648. The van der Waals surface area contributed by atoms with Gasteiger partial charge in [0.05, 0.1) is 0 Å². The first-order chi connectivity index (χ1) is 6.75. The molecular formula is C10H6F2N2. The Morgan fingerprint density at radius 2 is 1.14 bits per heavy atom. The van der Waals surface area contributed by atoms with E-state index in [1.165, 1.54) is 24.5 Å². The number of pyridine rings is 2. The largest absolute Gasteiger partial charge is 0.228 e. The molecule has 0 saturated carbocycles. The van der Waals surface area contributed by atoms with Crippen LogP contribution in [0.25, 0.3) is 11.1 Å². The SMILES string of the molecule is Fc1ccc(-c2ccc(F)nc2)cn1. The zero-order valence-electron chi connectivity index (χ0n) is 7.11. The lowest BCUT2D eigenvalue weighted by atomic mass is 10.1. The van der Waals surface area contributed by atoms with Crippen molar-refractivity contribution >= 4 is 0 Å². The summed E-state index contributed by atoms with van der Waals surface area (Å²) in [5, 5.41) is 0. The molecule has 14 heavy (non-hydrogen) atoms. The van der Waals surface area contributed by atoms with E-state index in [0.717, 1.165) is 0 Å². The minimum Gasteiger partial charge on any atom is -0.228 e. The maximum Gasteiger partial charge on any atom is 0.212 e. The lowest BCUT2D eigenvalue weighted by Crippen LogP contribution is -1.86. The van der Waals surface area contributed by atoms with E-state index in [0.29, 0.717) is 11.1 Å². The van der Waals surface area contributed by atoms with Gasteiger partial charge in [-0.15, -0.1) is 0 Å². The third kappa shape index (κ3) is 1.74. The van der Waals surface area contributed by atoms with Crippen LogP contribution >= 0.6 is 0 Å². The minimum atomic E-state index is -0.538. The molecule has 0 atom stereocenters. The molecule has 4 heteroatoms. The molecule has 0 radical (unpaired) electrons. The Bertz CT molecular complexity index is 379. The Morgan fingerprint density at radius 1 is 0.714 bits per heavy atom. The fourth-order valence-electron chi connectivity index (χ4n) is 1.09. The van der Waals surface area contributed by atoms with E-state index in [4.69, 9.17) is 0 Å². The van der Waals surface area contributed by atoms with Crippen LogP contribution in [-0.2, 0) is 0 Å². The van der Waals surface area contributed by atoms with Gasteiger partial charge in [0, 0.05) is 23.5 Å². The molecule has 2 aromatic rings. The van der Waals surface area contributed by atoms with Gasteiger partial charge in [-0.3, -0.25) is 0 Å². The van der Waals surface area contributed by atoms with Crippen molar-refractivity contribution in [3.05, 3.63) is 48.6 Å². The second-order valence-corrected chi connectivity index (χ2v) is 2.74. The highest BCUT2D eigenvalue weighted by Crippen LogP contribution is 2.16. The predicted octanol–water partition coefficient (Wildman–Crippen LogP) is 2.42. The van der Waals surface area contributed by atoms with E-state index in [9.17, 15) is 8.78 Å². The van der Waals surface area contributed by atoms with Gasteiger partial charge in [-0.2, -0.15) is 8.78 Å². The molecule has 0 amide bonds. The van der Waals surface area contributed by atoms with Crippen LogP contribution < -0.4 is 0 Å². The van der Waals surface area contributed by atoms with Crippen LogP contribution in [0, 0.1) is 11.9 Å². The molecule has 0 spiro atoms. The van der Waals surface area contributed by atoms with Gasteiger partial charge >= 0.3 is 0 Å². The van der Waals surface area contributed by atoms with E-state index < -0.39 is 11.9 Å². The number of rotatable bonds is 1. The maximum atomic E-state index is 12.5. The van der Waals surface area contributed by atoms with Crippen molar-refractivity contribution in [1.29, 1.82) is 0 Å². The summed E-state index contributed by atoms with van der Waals surface area (Å²) in [6.45, 7) is 0. The zero-order valence-corrected chi connectivity index (χ0v) is 7.11. The smallest absolute Gasteiger partial charge is 0.212 e. The monoisotopic (exact) mass is 192 g/mol. The number of aromatic nitrogens is 2. The standard InChI is InChI=1S/C10H6F2N2/c11-9-3-1-7(5-13-9)8-2-4-10(12)14-6-8/h1-6H. The van der Waals surface area contributed by atoms with E-state index in [2.05, 4.69) is 9.97 Å². The Balaban J connectivity index is 2.40. The fourth-order valence-corrected chi connectivity index (χ4v) is 1.09. The van der Waals surface area contributed by atoms with Gasteiger partial charge in [0.1, 0.15) is 0 Å². The number of hydrogen-bond acceptors (Lipinski definition) is 2. The second kappa shape index (κ2) is 3.49. The molecule has 2 nitrogen and oxygen atoms in total. The average molecular weight is 192 g/mol. The molecule has 0 unspecified atom stereocenters. The maximum absolute atomic E-state index is 12.5. The van der Waals surface area contributed by atoms with Gasteiger partial charge in [-0.05, 0) is 24.3 Å². The Morgan fingerprint density at radius 3 is 1.43 bits per heavy atom. The Kier molecular flexibility index (Phi) is 2.18. The topological polar surface area (TPSA) is 25.8 Å². The van der Waals surface area contributed by atoms with Crippen LogP contribution in [0.4, 0.5) is 8.78 Å². The zero-order chi connectivity index (χ0) is 9.97. The third-order valence-electron chi connectivity index (χ3n) is 1.79. The van der Waals surface area contributed by atoms with E-state index in [1.54, 1.807) is 12.1 Å². The van der Waals surface area contributed by atoms with Crippen molar-refractivity contribution in [2.45, 2.75) is 0 Å². The molecule has 0 aliphatic heterocycles. The summed E-state index contributed by atoms with van der Waals surface area (Å²) in [6, 6.07) is 5.63. The van der Waals surface area contributed by atoms with Crippen molar-refractivity contribution in [3.63, 3.8) is 0 Å². The number of nitrogens with zero attached hydrogens (tertiary/aromatic N) is 2. The van der Waals surface area contributed by atoms with Crippen LogP contribution in [0.3, 0.4) is 0 Å². The van der Waals surface area contributed by atoms with Gasteiger partial charge in [-0.1, -0.05) is 0 Å². The second-order valence-electron chi connectivity index (χ2n) is 2.74. The minimum absolute atomic E-state index is 0.538. The van der Waals surface area contributed by atoms with Crippen LogP contribution in [-0.4, -0.2) is 9.97 Å². The van der Waals surface area contributed by atoms with Gasteiger partial charge in [0.2, 0.25) is 11.9 Å². The first-order valence-electron chi connectivity index (χ1n) is 3.99. The summed E-state index contributed by atoms with van der Waals surface area (Å²) in [5.74, 6) is -1.08. The molecule has 0 N–H and O–H groups in total. The van der Waals surface area contributed by atoms with Crippen LogP contribution in [0.5, 0.6) is 0 Å². The molecule has 0 bridgehead atoms. The van der Waals surface area contributed by atoms with E-state index in [1.807, 2.05) is 0 Å². The predicted molar refractivity (Wildman–Crippen MR) is 47.4 cm³/mol. The number of halogens is 2. The lowest BCUT2D eigenvalue weighted by molar-refractivity contribution is 0.582. The molecule has 0 aliphatic carbocycles. The molecule has 0 saturated heterocycles. The molecule has 0 fully saturated rings. The number of hydrogen-bond donors (Lipinski definition) is 0. The highest BCUT2D eigenvalue weighted by molar-refractivity contribution is 5.60. The summed E-state index contributed by atoms with van der Waals surface area (Å²) in [7, 11) is 0. The first kappa shape index (κ1) is 8.74. The molecule has 0 aromatic carbocycles. The fraction of sp³-hybridized carbons (Fsp3) is 0. The summed E-state index contributed by atoms with van der Waals surface area (Å²) in [6.07, 6.45) is 2.76. The highest BCUT2D eigenvalue weighted by Gasteiger charge is 1.99. The van der Waals surface area contributed by atoms with Crippen molar-refractivity contribution < 1.29 is 8.78 Å². The lowest BCUT2D eigenvalue weighted by Gasteiger charge is -1.99. The van der Waals surface area contributed by atoms with Crippen molar-refractivity contribution in [1.82, 2.24) is 9.97 Å². The molecule has 2 aromatic heterocycles. The molecule has 2 heterocycles. The van der Waals surface area contributed by atoms with Crippen LogP contribution in [0.1, 0.15) is 0 Å². The summed E-state index contributed by atoms with van der Waals surface area (Å²) >= 11 is 0. The van der Waals surface area contributed by atoms with Gasteiger partial charge in [-0.25, -0.2) is 9.97 Å². The molecule has 70 valence electrons. The summed E-state index contributed by atoms with van der Waals surface area (Å²) < 4.78 is 25.0.